The first-order chi connectivity index (χ1) is 16.1. The summed E-state index contributed by atoms with van der Waals surface area (Å²) in [5, 5.41) is 11.8. The molecule has 9 nitrogen and oxygen atoms in total. The number of aryl methyl sites for hydroxylation is 1. The number of amides is 2. The minimum Gasteiger partial charge on any atom is -0.365 e. The highest BCUT2D eigenvalue weighted by molar-refractivity contribution is 7.21. The van der Waals surface area contributed by atoms with Gasteiger partial charge in [-0.15, -0.1) is 11.3 Å². The van der Waals surface area contributed by atoms with E-state index in [9.17, 15) is 18.4 Å². The van der Waals surface area contributed by atoms with Crippen LogP contribution in [0.25, 0.3) is 21.3 Å². The average Bonchev–Trinajstić information content (AvgIpc) is 3.45. The highest BCUT2D eigenvalue weighted by Crippen LogP contribution is 2.43. The Morgan fingerprint density at radius 3 is 2.56 bits per heavy atom. The molecular formula is C21H20ClF2N7O2S. The van der Waals surface area contributed by atoms with Crippen molar-refractivity contribution >= 4 is 50.7 Å². The van der Waals surface area contributed by atoms with Gasteiger partial charge in [-0.3, -0.25) is 19.0 Å². The molecule has 1 unspecified atom stereocenters. The zero-order valence-electron chi connectivity index (χ0n) is 18.3. The number of carbonyl (C=O) groups is 2. The molecule has 0 aliphatic heterocycles. The predicted molar refractivity (Wildman–Crippen MR) is 125 cm³/mol. The van der Waals surface area contributed by atoms with Crippen LogP contribution in [0.15, 0.2) is 24.7 Å². The molecule has 0 bridgehead atoms. The molecule has 4 rings (SSSR count). The molecule has 0 aliphatic carbocycles. The Morgan fingerprint density at radius 1 is 1.26 bits per heavy atom. The number of halogens is 3. The van der Waals surface area contributed by atoms with Crippen molar-refractivity contribution < 1.29 is 18.4 Å². The fraction of sp³-hybridized carbons (Fsp3) is 0.286. The van der Waals surface area contributed by atoms with Crippen LogP contribution in [0.1, 0.15) is 34.4 Å². The molecule has 0 fully saturated rings. The van der Waals surface area contributed by atoms with Crippen LogP contribution in [0.5, 0.6) is 0 Å². The zero-order valence-corrected chi connectivity index (χ0v) is 19.9. The van der Waals surface area contributed by atoms with Crippen LogP contribution >= 0.6 is 22.9 Å². The summed E-state index contributed by atoms with van der Waals surface area (Å²) in [4.78, 5) is 29.5. The summed E-state index contributed by atoms with van der Waals surface area (Å²) in [7, 11) is 1.72. The number of carbonyl (C=O) groups excluding carboxylic acids is 2. The van der Waals surface area contributed by atoms with Crippen LogP contribution < -0.4 is 11.1 Å². The number of hydrogen-bond acceptors (Lipinski definition) is 6. The Balaban J connectivity index is 1.84. The third-order valence-corrected chi connectivity index (χ3v) is 6.71. The zero-order chi connectivity index (χ0) is 24.7. The summed E-state index contributed by atoms with van der Waals surface area (Å²) in [6.45, 7) is 3.70. The summed E-state index contributed by atoms with van der Waals surface area (Å²) < 4.78 is 30.4. The first-order valence-electron chi connectivity index (χ1n) is 10.1. The topological polar surface area (TPSA) is 121 Å². The maximum atomic E-state index is 13.6. The van der Waals surface area contributed by atoms with Gasteiger partial charge in [0.2, 0.25) is 5.91 Å². The van der Waals surface area contributed by atoms with Crippen molar-refractivity contribution in [1.82, 2.24) is 24.5 Å². The number of pyridine rings is 1. The van der Waals surface area contributed by atoms with Crippen molar-refractivity contribution in [3.63, 3.8) is 0 Å². The molecule has 13 heteroatoms. The number of nitrogens with two attached hydrogens (primary N) is 1. The second-order valence-corrected chi connectivity index (χ2v) is 9.22. The Kier molecular flexibility index (Phi) is 6.36. The van der Waals surface area contributed by atoms with E-state index in [1.165, 1.54) is 23.1 Å². The third kappa shape index (κ3) is 4.38. The number of hydrogen-bond donors (Lipinski definition) is 2. The highest BCUT2D eigenvalue weighted by atomic mass is 35.5. The number of anilines is 1. The molecule has 4 aromatic heterocycles. The molecule has 4 aromatic rings. The summed E-state index contributed by atoms with van der Waals surface area (Å²) in [6.07, 6.45) is 1.74. The quantitative estimate of drug-likeness (QED) is 0.389. The summed E-state index contributed by atoms with van der Waals surface area (Å²) in [5.74, 6) is -1.79. The molecular weight excluding hydrogens is 488 g/mol. The largest absolute Gasteiger partial charge is 0.365 e. The van der Waals surface area contributed by atoms with Crippen LogP contribution in [0.3, 0.4) is 0 Å². The van der Waals surface area contributed by atoms with E-state index in [0.717, 1.165) is 11.3 Å². The van der Waals surface area contributed by atoms with Gasteiger partial charge < -0.3 is 11.1 Å². The van der Waals surface area contributed by atoms with E-state index in [4.69, 9.17) is 17.3 Å². The van der Waals surface area contributed by atoms with Crippen molar-refractivity contribution in [3.8, 4) is 11.1 Å². The fourth-order valence-electron chi connectivity index (χ4n) is 3.55. The lowest BCUT2D eigenvalue weighted by molar-refractivity contribution is -0.119. The lowest BCUT2D eigenvalue weighted by atomic mass is 10.0. The normalized spacial score (nSPS) is 12.4. The number of primary amides is 1. The second-order valence-electron chi connectivity index (χ2n) is 7.78. The fourth-order valence-corrected chi connectivity index (χ4v) is 4.72. The first kappa shape index (κ1) is 23.8. The van der Waals surface area contributed by atoms with Crippen molar-refractivity contribution in [1.29, 1.82) is 0 Å². The van der Waals surface area contributed by atoms with E-state index < -0.39 is 29.9 Å². The summed E-state index contributed by atoms with van der Waals surface area (Å²) in [5.41, 5.74) is 6.91. The van der Waals surface area contributed by atoms with Gasteiger partial charge in [-0.25, -0.2) is 13.8 Å². The predicted octanol–water partition coefficient (Wildman–Crippen LogP) is 4.17. The number of rotatable bonds is 7. The number of nitrogens with zero attached hydrogens (tertiary/aromatic N) is 5. The number of alkyl halides is 2. The molecule has 0 spiro atoms. The molecule has 2 amide bonds. The first-order valence-corrected chi connectivity index (χ1v) is 11.3. The number of thiophene rings is 1. The monoisotopic (exact) mass is 507 g/mol. The SMILES string of the molecule is Cc1c(-c2cc(C(F)F)nc3sc(C(N)=O)c(NC(=O)C(C)Cn4cc(Cl)cn4)c23)cnn1C. The number of fused-ring (bicyclic) bond motifs is 1. The van der Waals surface area contributed by atoms with Gasteiger partial charge in [-0.05, 0) is 18.6 Å². The third-order valence-electron chi connectivity index (χ3n) is 5.41. The molecule has 0 radical (unpaired) electrons. The Labute approximate surface area is 201 Å². The van der Waals surface area contributed by atoms with E-state index in [1.807, 2.05) is 0 Å². The van der Waals surface area contributed by atoms with Crippen LogP contribution in [-0.2, 0) is 18.4 Å². The second kappa shape index (κ2) is 9.11. The molecule has 3 N–H and O–H groups in total. The molecule has 4 heterocycles. The van der Waals surface area contributed by atoms with Gasteiger partial charge in [-0.2, -0.15) is 10.2 Å². The van der Waals surface area contributed by atoms with Gasteiger partial charge in [0.15, 0.2) is 0 Å². The average molecular weight is 508 g/mol. The van der Waals surface area contributed by atoms with Gasteiger partial charge >= 0.3 is 0 Å². The van der Waals surface area contributed by atoms with E-state index in [0.29, 0.717) is 27.2 Å². The Bertz CT molecular complexity index is 1410. The minimum atomic E-state index is -2.83. The summed E-state index contributed by atoms with van der Waals surface area (Å²) in [6, 6.07) is 1.25. The van der Waals surface area contributed by atoms with Gasteiger partial charge in [0.25, 0.3) is 12.3 Å². The van der Waals surface area contributed by atoms with Crippen LogP contribution in [-0.4, -0.2) is 36.4 Å². The van der Waals surface area contributed by atoms with Crippen LogP contribution in [0.2, 0.25) is 5.02 Å². The lowest BCUT2D eigenvalue weighted by Crippen LogP contribution is -2.25. The van der Waals surface area contributed by atoms with E-state index >= 15 is 0 Å². The van der Waals surface area contributed by atoms with Crippen LogP contribution in [0, 0.1) is 12.8 Å². The van der Waals surface area contributed by atoms with Crippen LogP contribution in [0.4, 0.5) is 14.5 Å². The lowest BCUT2D eigenvalue weighted by Gasteiger charge is -2.14. The molecule has 34 heavy (non-hydrogen) atoms. The van der Waals surface area contributed by atoms with Gasteiger partial charge in [0.1, 0.15) is 15.4 Å². The van der Waals surface area contributed by atoms with Gasteiger partial charge in [0.05, 0.1) is 35.6 Å². The maximum Gasteiger partial charge on any atom is 0.280 e. The van der Waals surface area contributed by atoms with Crippen molar-refractivity contribution in [3.05, 3.63) is 45.9 Å². The van der Waals surface area contributed by atoms with Gasteiger partial charge in [0, 0.05) is 29.9 Å². The number of nitrogens with one attached hydrogen (secondary N) is 1. The molecule has 0 saturated heterocycles. The van der Waals surface area contributed by atoms with E-state index in [-0.39, 0.29) is 21.9 Å². The molecule has 1 atom stereocenters. The Morgan fingerprint density at radius 2 is 2.00 bits per heavy atom. The standard InChI is InChI=1S/C21H20ClF2N7O2S/c1-9(7-31-8-11(22)5-27-31)20(33)29-16-15-12(13-6-26-30(3)10(13)2)4-14(18(23)24)28-21(15)34-17(16)19(25)32/h4-6,8-9,18H,7H2,1-3H3,(H2,25,32)(H,29,33). The molecule has 0 aromatic carbocycles. The van der Waals surface area contributed by atoms with Crippen molar-refractivity contribution in [2.24, 2.45) is 18.7 Å². The van der Waals surface area contributed by atoms with E-state index in [2.05, 4.69) is 20.5 Å². The van der Waals surface area contributed by atoms with E-state index in [1.54, 1.807) is 31.8 Å². The van der Waals surface area contributed by atoms with Crippen molar-refractivity contribution in [2.75, 3.05) is 5.32 Å². The highest BCUT2D eigenvalue weighted by Gasteiger charge is 2.27. The minimum absolute atomic E-state index is 0.0133. The molecule has 0 saturated carbocycles. The summed E-state index contributed by atoms with van der Waals surface area (Å²) >= 11 is 6.73. The smallest absolute Gasteiger partial charge is 0.280 e. The maximum absolute atomic E-state index is 13.6. The molecule has 0 aliphatic rings. The Hall–Kier alpha value is -3.38. The molecule has 178 valence electrons. The van der Waals surface area contributed by atoms with Gasteiger partial charge in [-0.1, -0.05) is 18.5 Å². The van der Waals surface area contributed by atoms with Crippen molar-refractivity contribution in [2.45, 2.75) is 26.8 Å². The number of aromatic nitrogens is 5.